The molecule has 15 heteroatoms. The summed E-state index contributed by atoms with van der Waals surface area (Å²) < 4.78 is 42.4. The highest BCUT2D eigenvalue weighted by Gasteiger charge is 2.49. The Hall–Kier alpha value is -5.09. The van der Waals surface area contributed by atoms with Crippen molar-refractivity contribution in [3.05, 3.63) is 106 Å². The van der Waals surface area contributed by atoms with E-state index in [0.29, 0.717) is 47.3 Å². The summed E-state index contributed by atoms with van der Waals surface area (Å²) >= 11 is 1.21. The molecule has 3 saturated heterocycles. The summed E-state index contributed by atoms with van der Waals surface area (Å²) in [5, 5.41) is 6.11. The molecule has 1 aromatic heterocycles. The van der Waals surface area contributed by atoms with Crippen LogP contribution < -0.4 is 14.9 Å². The quantitative estimate of drug-likeness (QED) is 0.0955. The Labute approximate surface area is 354 Å². The highest BCUT2D eigenvalue weighted by Crippen LogP contribution is 2.58. The van der Waals surface area contributed by atoms with Gasteiger partial charge in [-0.3, -0.25) is 23.7 Å². The van der Waals surface area contributed by atoms with E-state index in [1.807, 2.05) is 42.2 Å². The summed E-state index contributed by atoms with van der Waals surface area (Å²) in [5.41, 5.74) is 1.11. The number of hydrogen-bond donors (Lipinski definition) is 2. The van der Waals surface area contributed by atoms with E-state index in [-0.39, 0.29) is 60.2 Å². The first-order valence-corrected chi connectivity index (χ1v) is 23.3. The van der Waals surface area contributed by atoms with Gasteiger partial charge in [0.15, 0.2) is 0 Å². The van der Waals surface area contributed by atoms with Crippen molar-refractivity contribution >= 4 is 52.6 Å². The van der Waals surface area contributed by atoms with Crippen molar-refractivity contribution < 1.29 is 37.4 Å². The first-order chi connectivity index (χ1) is 29.0. The maximum Gasteiger partial charge on any atom is 0.355 e. The van der Waals surface area contributed by atoms with Crippen LogP contribution in [0.5, 0.6) is 5.75 Å². The molecule has 4 heterocycles. The van der Waals surface area contributed by atoms with Crippen LogP contribution >= 0.6 is 18.9 Å². The molecule has 3 aliphatic heterocycles. The number of rotatable bonds is 14. The zero-order chi connectivity index (χ0) is 42.4. The van der Waals surface area contributed by atoms with Gasteiger partial charge in [-0.15, -0.1) is 11.3 Å². The lowest BCUT2D eigenvalue weighted by Crippen LogP contribution is -2.53. The number of fused-ring (bicyclic) bond motifs is 2. The number of likely N-dealkylation sites (tertiary alicyclic amines) is 1. The molecule has 0 saturated carbocycles. The van der Waals surface area contributed by atoms with Gasteiger partial charge < -0.3 is 24.4 Å². The number of alkyl halides is 1. The zero-order valence-corrected chi connectivity index (χ0v) is 35.6. The van der Waals surface area contributed by atoms with E-state index < -0.39 is 37.4 Å². The first kappa shape index (κ1) is 43.0. The molecule has 2 N–H and O–H groups in total. The molecule has 3 amide bonds. The van der Waals surface area contributed by atoms with Crippen LogP contribution in [-0.4, -0.2) is 83.9 Å². The summed E-state index contributed by atoms with van der Waals surface area (Å²) in [6.45, 7) is 10.2. The van der Waals surface area contributed by atoms with Crippen molar-refractivity contribution in [3.8, 4) is 12.3 Å². The van der Waals surface area contributed by atoms with Gasteiger partial charge >= 0.3 is 13.5 Å². The lowest BCUT2D eigenvalue weighted by Gasteiger charge is -2.36. The monoisotopic (exact) mass is 856 g/mol. The fraction of sp³-hybridized carbons (Fsp3) is 0.444. The minimum absolute atomic E-state index is 0.0222. The SMILES string of the molecule is C#[N+][C@H]1CN(C(=O)[C@@H]2CC[C@@H]3CCCCC(CNC(=O)c4cc5cc(C(F)P(=O)(N[C@@H](C)C(=O)OCCC)Oc6ccccc6)ccc5s4)C(=O)N32)C[C@@H]1c1ccccc1. The Morgan fingerprint density at radius 2 is 1.72 bits per heavy atom. The van der Waals surface area contributed by atoms with Crippen LogP contribution in [0.1, 0.15) is 91.4 Å². The van der Waals surface area contributed by atoms with Gasteiger partial charge in [-0.05, 0) is 85.9 Å². The maximum absolute atomic E-state index is 16.5. The Balaban J connectivity index is 1.03. The van der Waals surface area contributed by atoms with E-state index in [2.05, 4.69) is 15.2 Å². The minimum Gasteiger partial charge on any atom is -0.465 e. The van der Waals surface area contributed by atoms with E-state index in [9.17, 15) is 23.7 Å². The average Bonchev–Trinajstić information content (AvgIpc) is 4.01. The number of nitrogens with one attached hydrogen (secondary N) is 2. The van der Waals surface area contributed by atoms with Crippen molar-refractivity contribution in [3.63, 3.8) is 0 Å². The van der Waals surface area contributed by atoms with Crippen LogP contribution in [0.4, 0.5) is 4.39 Å². The second kappa shape index (κ2) is 19.1. The van der Waals surface area contributed by atoms with Crippen LogP contribution in [0.25, 0.3) is 14.9 Å². The molecule has 7 rings (SSSR count). The summed E-state index contributed by atoms with van der Waals surface area (Å²) in [5.74, 6) is -3.81. The highest BCUT2D eigenvalue weighted by atomic mass is 32.1. The Kier molecular flexibility index (Phi) is 13.7. The maximum atomic E-state index is 16.5. The average molecular weight is 857 g/mol. The van der Waals surface area contributed by atoms with E-state index in [1.165, 1.54) is 30.4 Å². The van der Waals surface area contributed by atoms with E-state index in [0.717, 1.165) is 31.2 Å². The number of amides is 3. The lowest BCUT2D eigenvalue weighted by molar-refractivity contribution is -0.148. The molecular formula is C45H52FN5O7PS+. The number of benzene rings is 3. The number of esters is 1. The second-order valence-corrected chi connectivity index (χ2v) is 19.1. The van der Waals surface area contributed by atoms with Gasteiger partial charge in [0.25, 0.3) is 18.5 Å². The lowest BCUT2D eigenvalue weighted by atomic mass is 9.94. The molecule has 3 aromatic carbocycles. The number of thiophene rings is 1. The summed E-state index contributed by atoms with van der Waals surface area (Å²) in [6, 6.07) is 22.4. The summed E-state index contributed by atoms with van der Waals surface area (Å²) in [7, 11) is -4.43. The predicted octanol–water partition coefficient (Wildman–Crippen LogP) is 8.31. The Morgan fingerprint density at radius 3 is 2.45 bits per heavy atom. The van der Waals surface area contributed by atoms with E-state index in [4.69, 9.17) is 15.8 Å². The van der Waals surface area contributed by atoms with Gasteiger partial charge in [0.05, 0.1) is 23.3 Å². The Bertz CT molecular complexity index is 2270. The highest BCUT2D eigenvalue weighted by molar-refractivity contribution is 7.57. The topological polar surface area (TPSA) is 139 Å². The van der Waals surface area contributed by atoms with Crippen molar-refractivity contribution in [1.29, 1.82) is 0 Å². The van der Waals surface area contributed by atoms with Gasteiger partial charge in [0.1, 0.15) is 24.4 Å². The molecule has 0 radical (unpaired) electrons. The standard InChI is InChI=1S/C45H51FN5O7PS/c1-4-23-57-45(55)29(2)49-59(56,58-35-17-9-6-10-18-35)41(46)31-19-22-39-33(24-31)25-40(60-39)42(52)48-26-32-15-11-12-16-34-20-21-38(51(34)43(32)53)44(54)50-27-36(37(28-50)47-3)30-13-7-5-8-14-30/h3,5-10,13-14,17-19,22,24-25,29,32,34,36-38,41H,4,11-12,15-16,20-21,23,26-28H2,1-2H3,(H-,48,49,52,56)/p+1/t29-,32?,34-,36+,37-,38-,41?,59?/m0/s1. The molecule has 4 aromatic rings. The number of hydrogen-bond acceptors (Lipinski definition) is 8. The van der Waals surface area contributed by atoms with Gasteiger partial charge in [-0.25, -0.2) is 9.48 Å². The van der Waals surface area contributed by atoms with Crippen LogP contribution in [0.2, 0.25) is 0 Å². The number of ether oxygens (including phenoxy) is 1. The fourth-order valence-corrected chi connectivity index (χ4v) is 11.5. The first-order valence-electron chi connectivity index (χ1n) is 20.8. The number of nitrogens with zero attached hydrogens (tertiary/aromatic N) is 3. The molecule has 3 fully saturated rings. The molecular weight excluding hydrogens is 805 g/mol. The fourth-order valence-electron chi connectivity index (χ4n) is 8.64. The summed E-state index contributed by atoms with van der Waals surface area (Å²) in [6.07, 6.45) is 5.10. The largest absolute Gasteiger partial charge is 0.465 e. The van der Waals surface area contributed by atoms with Gasteiger partial charge in [-0.2, -0.15) is 0 Å². The van der Waals surface area contributed by atoms with Crippen molar-refractivity contribution in [2.24, 2.45) is 5.92 Å². The van der Waals surface area contributed by atoms with E-state index >= 15 is 4.39 Å². The number of carbonyl (C=O) groups is 4. The zero-order valence-electron chi connectivity index (χ0n) is 33.9. The van der Waals surface area contributed by atoms with Crippen LogP contribution in [-0.2, 0) is 23.7 Å². The molecule has 316 valence electrons. The second-order valence-electron chi connectivity index (χ2n) is 15.9. The van der Waals surface area contributed by atoms with Crippen LogP contribution in [0, 0.1) is 12.5 Å². The predicted molar refractivity (Wildman–Crippen MR) is 230 cm³/mol. The molecule has 0 spiro atoms. The van der Waals surface area contributed by atoms with Crippen molar-refractivity contribution in [2.45, 2.75) is 94.8 Å². The van der Waals surface area contributed by atoms with E-state index in [1.54, 1.807) is 47.4 Å². The smallest absolute Gasteiger partial charge is 0.355 e. The molecule has 8 atom stereocenters. The third kappa shape index (κ3) is 9.44. The Morgan fingerprint density at radius 1 is 0.983 bits per heavy atom. The van der Waals surface area contributed by atoms with Gasteiger partial charge in [-0.1, -0.05) is 79.2 Å². The number of halogens is 1. The summed E-state index contributed by atoms with van der Waals surface area (Å²) in [4.78, 5) is 62.8. The third-order valence-electron chi connectivity index (χ3n) is 11.8. The van der Waals surface area contributed by atoms with Crippen LogP contribution in [0.3, 0.4) is 0 Å². The normalized spacial score (nSPS) is 23.7. The van der Waals surface area contributed by atoms with Gasteiger partial charge in [0, 0.05) is 23.8 Å². The van der Waals surface area contributed by atoms with Crippen LogP contribution in [0.15, 0.2) is 84.9 Å². The molecule has 3 unspecified atom stereocenters. The molecule has 0 aliphatic carbocycles. The van der Waals surface area contributed by atoms with Crippen molar-refractivity contribution in [2.75, 3.05) is 26.2 Å². The van der Waals surface area contributed by atoms with Gasteiger partial charge in [0.2, 0.25) is 17.7 Å². The molecule has 3 aliphatic rings. The molecule has 12 nitrogen and oxygen atoms in total. The number of carbonyl (C=O) groups excluding carboxylic acids is 4. The molecule has 0 bridgehead atoms. The number of para-hydroxylation sites is 1. The van der Waals surface area contributed by atoms with Crippen molar-refractivity contribution in [1.82, 2.24) is 20.2 Å². The molecule has 60 heavy (non-hydrogen) atoms. The minimum atomic E-state index is -4.43. The third-order valence-corrected chi connectivity index (χ3v) is 15.0.